The smallest absolute Gasteiger partial charge is 0.241 e. The Bertz CT molecular complexity index is 950. The number of sulfonamides is 1. The first-order valence-corrected chi connectivity index (χ1v) is 9.84. The lowest BCUT2D eigenvalue weighted by Gasteiger charge is -2.15. The third-order valence-corrected chi connectivity index (χ3v) is 5.58. The van der Waals surface area contributed by atoms with Crippen LogP contribution in [0.25, 0.3) is 0 Å². The van der Waals surface area contributed by atoms with Crippen LogP contribution in [0, 0.1) is 6.92 Å². The highest BCUT2D eigenvalue weighted by atomic mass is 32.2. The molecule has 3 aromatic carbocycles. The zero-order valence-electron chi connectivity index (χ0n) is 14.7. The number of nitrogens with one attached hydrogen (secondary N) is 1. The van der Waals surface area contributed by atoms with Gasteiger partial charge in [0.05, 0.1) is 4.90 Å². The first kappa shape index (κ1) is 18.2. The number of aryl methyl sites for hydroxylation is 1. The van der Waals surface area contributed by atoms with E-state index in [4.69, 9.17) is 4.74 Å². The van der Waals surface area contributed by atoms with Crippen LogP contribution in [0.3, 0.4) is 0 Å². The van der Waals surface area contributed by atoms with Gasteiger partial charge in [-0.2, -0.15) is 0 Å². The van der Waals surface area contributed by atoms with Crippen molar-refractivity contribution in [2.45, 2.75) is 24.8 Å². The molecule has 4 nitrogen and oxygen atoms in total. The van der Waals surface area contributed by atoms with Gasteiger partial charge in [0.2, 0.25) is 10.0 Å². The van der Waals surface area contributed by atoms with Crippen LogP contribution >= 0.6 is 0 Å². The molecule has 0 fully saturated rings. The molecular weight excluding hydrogens is 346 g/mol. The standard InChI is InChI=1S/C21H21NO3S/c1-16-8-10-18(11-9-16)17(2)22-26(23,24)21-14-12-20(13-15-21)25-19-6-4-3-5-7-19/h3-15,17,22H,1-2H3/t17-/m1/s1. The summed E-state index contributed by atoms with van der Waals surface area (Å²) in [5.74, 6) is 1.29. The van der Waals surface area contributed by atoms with Gasteiger partial charge in [-0.3, -0.25) is 0 Å². The van der Waals surface area contributed by atoms with E-state index in [1.807, 2.05) is 68.4 Å². The molecule has 0 aromatic heterocycles. The molecule has 0 aliphatic rings. The van der Waals surface area contributed by atoms with Crippen LogP contribution in [0.5, 0.6) is 11.5 Å². The quantitative estimate of drug-likeness (QED) is 0.679. The fourth-order valence-electron chi connectivity index (χ4n) is 2.54. The molecule has 0 aliphatic carbocycles. The van der Waals surface area contributed by atoms with Crippen molar-refractivity contribution in [3.05, 3.63) is 90.0 Å². The minimum absolute atomic E-state index is 0.205. The lowest BCUT2D eigenvalue weighted by Crippen LogP contribution is -2.26. The number of hydrogen-bond acceptors (Lipinski definition) is 3. The van der Waals surface area contributed by atoms with E-state index in [1.54, 1.807) is 24.3 Å². The molecule has 0 aliphatic heterocycles. The first-order chi connectivity index (χ1) is 12.4. The van der Waals surface area contributed by atoms with Gasteiger partial charge in [0.15, 0.2) is 0 Å². The minimum atomic E-state index is -3.61. The average Bonchev–Trinajstić information content (AvgIpc) is 2.63. The highest BCUT2D eigenvalue weighted by Crippen LogP contribution is 2.23. The fourth-order valence-corrected chi connectivity index (χ4v) is 3.77. The summed E-state index contributed by atoms with van der Waals surface area (Å²) in [6, 6.07) is 23.2. The number of benzene rings is 3. The van der Waals surface area contributed by atoms with Crippen molar-refractivity contribution in [2.75, 3.05) is 0 Å². The van der Waals surface area contributed by atoms with Gasteiger partial charge >= 0.3 is 0 Å². The van der Waals surface area contributed by atoms with Gasteiger partial charge in [0.25, 0.3) is 0 Å². The first-order valence-electron chi connectivity index (χ1n) is 8.36. The molecule has 0 unspecified atom stereocenters. The fraction of sp³-hybridized carbons (Fsp3) is 0.143. The topological polar surface area (TPSA) is 55.4 Å². The van der Waals surface area contributed by atoms with Crippen LogP contribution < -0.4 is 9.46 Å². The van der Waals surface area contributed by atoms with E-state index in [9.17, 15) is 8.42 Å². The Hall–Kier alpha value is -2.63. The Balaban J connectivity index is 1.71. The maximum Gasteiger partial charge on any atom is 0.241 e. The molecule has 134 valence electrons. The number of ether oxygens (including phenoxy) is 1. The monoisotopic (exact) mass is 367 g/mol. The summed E-state index contributed by atoms with van der Waals surface area (Å²) >= 11 is 0. The summed E-state index contributed by atoms with van der Waals surface area (Å²) in [7, 11) is -3.61. The molecule has 3 rings (SSSR count). The van der Waals surface area contributed by atoms with Crippen LogP contribution in [-0.2, 0) is 10.0 Å². The lowest BCUT2D eigenvalue weighted by molar-refractivity contribution is 0.482. The second kappa shape index (κ2) is 7.72. The van der Waals surface area contributed by atoms with Crippen LogP contribution in [-0.4, -0.2) is 8.42 Å². The SMILES string of the molecule is Cc1ccc([C@@H](C)NS(=O)(=O)c2ccc(Oc3ccccc3)cc2)cc1. The van der Waals surface area contributed by atoms with E-state index in [0.717, 1.165) is 11.1 Å². The highest BCUT2D eigenvalue weighted by Gasteiger charge is 2.18. The molecule has 0 radical (unpaired) electrons. The van der Waals surface area contributed by atoms with Crippen molar-refractivity contribution in [1.29, 1.82) is 0 Å². The molecule has 0 amide bonds. The molecular formula is C21H21NO3S. The second-order valence-corrected chi connectivity index (χ2v) is 7.85. The number of hydrogen-bond donors (Lipinski definition) is 1. The second-order valence-electron chi connectivity index (χ2n) is 6.14. The number of para-hydroxylation sites is 1. The summed E-state index contributed by atoms with van der Waals surface area (Å²) in [6.07, 6.45) is 0. The predicted octanol–water partition coefficient (Wildman–Crippen LogP) is 4.83. The van der Waals surface area contributed by atoms with Gasteiger partial charge in [0, 0.05) is 6.04 Å². The number of rotatable bonds is 6. The third kappa shape index (κ3) is 4.50. The highest BCUT2D eigenvalue weighted by molar-refractivity contribution is 7.89. The van der Waals surface area contributed by atoms with E-state index < -0.39 is 10.0 Å². The van der Waals surface area contributed by atoms with Crippen molar-refractivity contribution in [1.82, 2.24) is 4.72 Å². The van der Waals surface area contributed by atoms with Crippen molar-refractivity contribution in [3.63, 3.8) is 0 Å². The molecule has 1 atom stereocenters. The van der Waals surface area contributed by atoms with Gasteiger partial charge < -0.3 is 4.74 Å². The predicted molar refractivity (Wildman–Crippen MR) is 103 cm³/mol. The largest absolute Gasteiger partial charge is 0.457 e. The summed E-state index contributed by atoms with van der Waals surface area (Å²) < 4.78 is 33.6. The summed E-state index contributed by atoms with van der Waals surface area (Å²) in [5.41, 5.74) is 2.06. The zero-order chi connectivity index (χ0) is 18.6. The molecule has 0 bridgehead atoms. The van der Waals surface area contributed by atoms with E-state index in [2.05, 4.69) is 4.72 Å². The van der Waals surface area contributed by atoms with Gasteiger partial charge in [-0.1, -0.05) is 48.0 Å². The molecule has 5 heteroatoms. The lowest BCUT2D eigenvalue weighted by atomic mass is 10.1. The Morgan fingerprint density at radius 2 is 1.38 bits per heavy atom. The van der Waals surface area contributed by atoms with Crippen molar-refractivity contribution < 1.29 is 13.2 Å². The van der Waals surface area contributed by atoms with E-state index in [-0.39, 0.29) is 10.9 Å². The zero-order valence-corrected chi connectivity index (χ0v) is 15.5. The van der Waals surface area contributed by atoms with Crippen LogP contribution in [0.1, 0.15) is 24.1 Å². The molecule has 26 heavy (non-hydrogen) atoms. The summed E-state index contributed by atoms with van der Waals surface area (Å²) in [4.78, 5) is 0.205. The molecule has 1 N–H and O–H groups in total. The van der Waals surface area contributed by atoms with Crippen LogP contribution in [0.15, 0.2) is 83.8 Å². The van der Waals surface area contributed by atoms with Crippen LogP contribution in [0.2, 0.25) is 0 Å². The maximum atomic E-state index is 12.6. The Labute approximate surface area is 154 Å². The van der Waals surface area contributed by atoms with Crippen molar-refractivity contribution in [2.24, 2.45) is 0 Å². The van der Waals surface area contributed by atoms with Gasteiger partial charge in [-0.15, -0.1) is 0 Å². The normalized spacial score (nSPS) is 12.5. The van der Waals surface area contributed by atoms with Crippen LogP contribution in [0.4, 0.5) is 0 Å². The van der Waals surface area contributed by atoms with E-state index >= 15 is 0 Å². The Morgan fingerprint density at radius 3 is 2.00 bits per heavy atom. The Kier molecular flexibility index (Phi) is 5.40. The van der Waals surface area contributed by atoms with Gasteiger partial charge in [-0.25, -0.2) is 13.1 Å². The summed E-state index contributed by atoms with van der Waals surface area (Å²) in [5, 5.41) is 0. The molecule has 3 aromatic rings. The Morgan fingerprint density at radius 1 is 0.808 bits per heavy atom. The average molecular weight is 367 g/mol. The van der Waals surface area contributed by atoms with Crippen molar-refractivity contribution >= 4 is 10.0 Å². The minimum Gasteiger partial charge on any atom is -0.457 e. The third-order valence-electron chi connectivity index (χ3n) is 4.02. The van der Waals surface area contributed by atoms with E-state index in [1.165, 1.54) is 0 Å². The molecule has 0 saturated heterocycles. The van der Waals surface area contributed by atoms with Gasteiger partial charge in [-0.05, 0) is 55.8 Å². The molecule has 0 spiro atoms. The summed E-state index contributed by atoms with van der Waals surface area (Å²) in [6.45, 7) is 3.83. The maximum absolute atomic E-state index is 12.6. The molecule has 0 saturated carbocycles. The van der Waals surface area contributed by atoms with Gasteiger partial charge in [0.1, 0.15) is 11.5 Å². The molecule has 0 heterocycles. The van der Waals surface area contributed by atoms with Crippen molar-refractivity contribution in [3.8, 4) is 11.5 Å². The van der Waals surface area contributed by atoms with E-state index in [0.29, 0.717) is 11.5 Å².